The number of ether oxygens (including phenoxy) is 2. The van der Waals surface area contributed by atoms with Gasteiger partial charge in [-0.3, -0.25) is 28.2 Å². The van der Waals surface area contributed by atoms with E-state index in [4.69, 9.17) is 44.6 Å². The van der Waals surface area contributed by atoms with Crippen LogP contribution in [0.2, 0.25) is 0 Å². The molecule has 2 fully saturated rings. The van der Waals surface area contributed by atoms with Crippen molar-refractivity contribution in [2.24, 2.45) is 0 Å². The van der Waals surface area contributed by atoms with Gasteiger partial charge < -0.3 is 74.1 Å². The van der Waals surface area contributed by atoms with Gasteiger partial charge in [-0.2, -0.15) is 22.2 Å². The van der Waals surface area contributed by atoms with Crippen LogP contribution in [0, 0.1) is 12.7 Å². The van der Waals surface area contributed by atoms with Crippen molar-refractivity contribution < 1.29 is 134 Å². The summed E-state index contributed by atoms with van der Waals surface area (Å²) in [5.41, 5.74) is -3.47. The molecule has 33 nitrogen and oxygen atoms in total. The number of H-pyrrole nitrogens is 2. The first-order chi connectivity index (χ1) is 31.4. The van der Waals surface area contributed by atoms with Crippen molar-refractivity contribution in [2.45, 2.75) is 55.1 Å². The molecule has 390 valence electrons. The van der Waals surface area contributed by atoms with E-state index in [0.717, 1.165) is 10.8 Å². The number of fused-ring (bicyclic) bond motifs is 2. The second-order valence-corrected chi connectivity index (χ2v) is 22.8. The summed E-state index contributed by atoms with van der Waals surface area (Å²) in [4.78, 5) is 107. The largest absolute Gasteiger partial charge is 0.490 e. The zero-order valence-electron chi connectivity index (χ0n) is 33.5. The third-order valence-electron chi connectivity index (χ3n) is 9.02. The Morgan fingerprint density at radius 2 is 1.16 bits per heavy atom. The number of aromatic amines is 2. The summed E-state index contributed by atoms with van der Waals surface area (Å²) in [6.45, 7) is -5.04. The number of anilines is 1. The lowest BCUT2D eigenvalue weighted by Gasteiger charge is -2.26. The van der Waals surface area contributed by atoms with E-state index in [1.807, 2.05) is 0 Å². The Morgan fingerprint density at radius 3 is 1.59 bits per heavy atom. The standard InChI is InChI=1S/C13H17F3N3O13P3.C12H17F2N4O13P3/c1-5-17-10-8(11(21)18-5)6(15)2-19(10)12-13(16,4-14)9(20)7(30-12)3-29-34(25,26)32-35(27,28)31-33(22,23)24;13-4-12(14)7(19)6(3-28-33(24,25)31-34(26,27)30-32(21,22)23)29-10(12)18-2-1-5-8(18)16-11(15)17-9(5)20/h2,7,9,12,20H,3-4H2,1H3,(H,25,26)(H,27,28)(H,17,18,21)(H2,22,23,24);1-2,6-7,10,19H,3-4H2,(H,24,25)(H,26,27)(H2,21,22,23)(H3,15,16,17,20)/t7-,9+,12-,13?;6-,7+,10-,12?/m11/s1. The third-order valence-corrected chi connectivity index (χ3v) is 16.6. The van der Waals surface area contributed by atoms with Crippen molar-refractivity contribution in [3.63, 3.8) is 0 Å². The van der Waals surface area contributed by atoms with Crippen molar-refractivity contribution >= 4 is 75.0 Å². The van der Waals surface area contributed by atoms with Crippen LogP contribution in [0.1, 0.15) is 18.3 Å². The molecule has 0 bridgehead atoms. The molecule has 0 saturated carbocycles. The maximum atomic E-state index is 15.4. The van der Waals surface area contributed by atoms with Gasteiger partial charge in [-0.1, -0.05) is 0 Å². The van der Waals surface area contributed by atoms with Gasteiger partial charge in [0.2, 0.25) is 17.3 Å². The lowest BCUT2D eigenvalue weighted by Crippen LogP contribution is -2.45. The molecular formula is C25H34F5N7O26P6. The van der Waals surface area contributed by atoms with Crippen LogP contribution in [0.15, 0.2) is 28.0 Å². The second-order valence-electron chi connectivity index (χ2n) is 14.0. The topological polar surface area (TPSA) is 506 Å². The highest BCUT2D eigenvalue weighted by molar-refractivity contribution is 7.67. The molecule has 69 heavy (non-hydrogen) atoms. The number of hydrogen-bond donors (Lipinski definition) is 13. The molecule has 2 aliphatic heterocycles. The first-order valence-corrected chi connectivity index (χ1v) is 26.8. The van der Waals surface area contributed by atoms with Gasteiger partial charge in [-0.25, -0.2) is 54.3 Å². The van der Waals surface area contributed by atoms with Crippen LogP contribution in [0.5, 0.6) is 0 Å². The van der Waals surface area contributed by atoms with E-state index in [1.54, 1.807) is 0 Å². The Morgan fingerprint density at radius 1 is 0.710 bits per heavy atom. The molecule has 6 unspecified atom stereocenters. The summed E-state index contributed by atoms with van der Waals surface area (Å²) in [5, 5.41) is 19.8. The summed E-state index contributed by atoms with van der Waals surface area (Å²) in [6.07, 6.45) is -11.2. The van der Waals surface area contributed by atoms with Gasteiger partial charge in [0.15, 0.2) is 29.6 Å². The Hall–Kier alpha value is -3.05. The number of nitrogens with zero attached hydrogens (tertiary/aromatic N) is 4. The summed E-state index contributed by atoms with van der Waals surface area (Å²) < 4.78 is 175. The van der Waals surface area contributed by atoms with Crippen LogP contribution in [-0.4, -0.2) is 141 Å². The quantitative estimate of drug-likeness (QED) is 0.0462. The Labute approximate surface area is 376 Å². The predicted molar refractivity (Wildman–Crippen MR) is 209 cm³/mol. The molecule has 12 atom stereocenters. The number of rotatable bonds is 18. The molecule has 0 aromatic carbocycles. The molecular weight excluding hydrogens is 1100 g/mol. The molecule has 2 saturated heterocycles. The molecule has 4 aromatic heterocycles. The van der Waals surface area contributed by atoms with E-state index >= 15 is 8.78 Å². The number of nitrogens with one attached hydrogen (secondary N) is 2. The molecule has 44 heteroatoms. The first kappa shape index (κ1) is 56.9. The fourth-order valence-corrected chi connectivity index (χ4v) is 12.4. The van der Waals surface area contributed by atoms with E-state index in [0.29, 0.717) is 10.8 Å². The summed E-state index contributed by atoms with van der Waals surface area (Å²) in [6, 6.07) is 1.17. The molecule has 4 aromatic rings. The van der Waals surface area contributed by atoms with E-state index < -0.39 is 150 Å². The number of phosphoric ester groups is 2. The molecule has 2 aliphatic rings. The van der Waals surface area contributed by atoms with Crippen LogP contribution >= 0.6 is 46.9 Å². The molecule has 0 spiro atoms. The zero-order valence-corrected chi connectivity index (χ0v) is 38.8. The van der Waals surface area contributed by atoms with Crippen LogP contribution in [0.4, 0.5) is 27.9 Å². The van der Waals surface area contributed by atoms with Gasteiger partial charge in [0.05, 0.1) is 18.6 Å². The highest BCUT2D eigenvalue weighted by atomic mass is 31.3. The molecule has 0 radical (unpaired) electrons. The minimum atomic E-state index is -5.86. The second kappa shape index (κ2) is 20.1. The van der Waals surface area contributed by atoms with Crippen molar-refractivity contribution in [3.8, 4) is 0 Å². The number of nitrogens with two attached hydrogens (primary N) is 1. The predicted octanol–water partition coefficient (Wildman–Crippen LogP) is 0.0377. The number of aliphatic hydroxyl groups excluding tert-OH is 2. The maximum Gasteiger partial charge on any atom is 0.490 e. The number of phosphoric acid groups is 6. The van der Waals surface area contributed by atoms with Crippen LogP contribution < -0.4 is 16.9 Å². The minimum absolute atomic E-state index is 0.0330. The van der Waals surface area contributed by atoms with Gasteiger partial charge >= 0.3 is 46.9 Å². The first-order valence-electron chi connectivity index (χ1n) is 17.7. The smallest absolute Gasteiger partial charge is 0.387 e. The molecule has 14 N–H and O–H groups in total. The summed E-state index contributed by atoms with van der Waals surface area (Å²) in [5.74, 6) is -1.59. The van der Waals surface area contributed by atoms with Crippen LogP contribution in [0.3, 0.4) is 0 Å². The number of alkyl halides is 4. The van der Waals surface area contributed by atoms with Gasteiger partial charge in [-0.15, -0.1) is 0 Å². The Bertz CT molecular complexity index is 3010. The highest BCUT2D eigenvalue weighted by Crippen LogP contribution is 2.67. The average molecular weight is 1130 g/mol. The van der Waals surface area contributed by atoms with E-state index in [-0.39, 0.29) is 22.8 Å². The fraction of sp³-hybridized carbons (Fsp3) is 0.520. The minimum Gasteiger partial charge on any atom is -0.387 e. The van der Waals surface area contributed by atoms with Crippen LogP contribution in [-0.2, 0) is 63.2 Å². The monoisotopic (exact) mass is 1130 g/mol. The number of halogens is 5. The van der Waals surface area contributed by atoms with Crippen LogP contribution in [0.25, 0.3) is 22.1 Å². The SMILES string of the molecule is Cc1nc2c(c(F)cn2[C@@H]2O[C@H](COP(=O)(O)OP(=O)(O)OP(=O)(O)O)[C@H](O)C2(F)CF)c(=O)[nH]1.Nc1nc2c(ccn2[C@@H]2O[C@H](COP(=O)(O)OP(=O)(O)OP(=O)(O)O)[C@H](O)C2(F)CF)c(=O)[nH]1. The van der Waals surface area contributed by atoms with Gasteiger partial charge in [-0.05, 0) is 13.0 Å². The van der Waals surface area contributed by atoms with Crippen molar-refractivity contribution in [3.05, 3.63) is 50.8 Å². The normalized spacial score (nSPS) is 29.0. The molecule has 6 heterocycles. The number of hydrogen-bond acceptors (Lipinski definition) is 21. The lowest BCUT2D eigenvalue weighted by molar-refractivity contribution is -0.0685. The average Bonchev–Trinajstić information content (AvgIpc) is 3.87. The Kier molecular flexibility index (Phi) is 16.6. The summed E-state index contributed by atoms with van der Waals surface area (Å²) in [7, 11) is -34.3. The van der Waals surface area contributed by atoms with Crippen molar-refractivity contribution in [1.29, 1.82) is 0 Å². The molecule has 6 rings (SSSR count). The maximum absolute atomic E-state index is 15.4. The zero-order chi connectivity index (χ0) is 52.2. The van der Waals surface area contributed by atoms with E-state index in [9.17, 15) is 70.2 Å². The van der Waals surface area contributed by atoms with Gasteiger partial charge in [0, 0.05) is 12.4 Å². The number of aryl methyl sites for hydroxylation is 1. The number of nitrogen functional groups attached to an aromatic ring is 1. The molecule has 0 amide bonds. The van der Waals surface area contributed by atoms with Crippen molar-refractivity contribution in [1.82, 2.24) is 29.1 Å². The van der Waals surface area contributed by atoms with E-state index in [1.165, 1.54) is 13.0 Å². The van der Waals surface area contributed by atoms with Crippen molar-refractivity contribution in [2.75, 3.05) is 32.3 Å². The summed E-state index contributed by atoms with van der Waals surface area (Å²) >= 11 is 0. The third kappa shape index (κ3) is 13.1. The molecule has 0 aliphatic carbocycles. The van der Waals surface area contributed by atoms with E-state index in [2.05, 4.69) is 46.2 Å². The lowest BCUT2D eigenvalue weighted by atomic mass is 9.97. The number of aliphatic hydroxyl groups is 2. The highest BCUT2D eigenvalue weighted by Gasteiger charge is 2.61. The number of aromatic nitrogens is 6. The Balaban J connectivity index is 0.000000258. The fourth-order valence-electron chi connectivity index (χ4n) is 6.35. The van der Waals surface area contributed by atoms with Gasteiger partial charge in [0.1, 0.15) is 49.0 Å². The van der Waals surface area contributed by atoms with Gasteiger partial charge in [0.25, 0.3) is 11.1 Å².